The van der Waals surface area contributed by atoms with Gasteiger partial charge in [0.25, 0.3) is 5.91 Å². The topological polar surface area (TPSA) is 67.3 Å². The Morgan fingerprint density at radius 2 is 2.14 bits per heavy atom. The maximum atomic E-state index is 12.8. The van der Waals surface area contributed by atoms with Crippen LogP contribution in [0.4, 0.5) is 0 Å². The van der Waals surface area contributed by atoms with Gasteiger partial charge in [-0.1, -0.05) is 17.7 Å². The molecule has 1 fully saturated rings. The van der Waals surface area contributed by atoms with Crippen molar-refractivity contribution in [1.82, 2.24) is 20.2 Å². The predicted molar refractivity (Wildman–Crippen MR) is 107 cm³/mol. The Morgan fingerprint density at radius 3 is 2.89 bits per heavy atom. The van der Waals surface area contributed by atoms with Gasteiger partial charge in [-0.3, -0.25) is 4.79 Å². The number of benzene rings is 1. The van der Waals surface area contributed by atoms with Crippen molar-refractivity contribution in [3.8, 4) is 5.75 Å². The first-order valence-electron chi connectivity index (χ1n) is 10.2. The third-order valence-corrected chi connectivity index (χ3v) is 5.61. The van der Waals surface area contributed by atoms with Gasteiger partial charge < -0.3 is 15.0 Å². The number of aryl methyl sites for hydroxylation is 1. The molecule has 1 amide bonds. The Balaban J connectivity index is 1.40. The van der Waals surface area contributed by atoms with E-state index in [1.54, 1.807) is 0 Å². The number of nitrogens with zero attached hydrogens (tertiary/aromatic N) is 3. The van der Waals surface area contributed by atoms with Crippen LogP contribution < -0.4 is 10.1 Å². The normalized spacial score (nSPS) is 20.4. The summed E-state index contributed by atoms with van der Waals surface area (Å²) < 4.78 is 5.84. The fourth-order valence-corrected chi connectivity index (χ4v) is 3.92. The average molecular weight is 380 g/mol. The molecule has 1 saturated heterocycles. The van der Waals surface area contributed by atoms with Gasteiger partial charge in [-0.05, 0) is 45.4 Å². The summed E-state index contributed by atoms with van der Waals surface area (Å²) in [5.74, 6) is 2.08. The van der Waals surface area contributed by atoms with E-state index in [2.05, 4.69) is 10.3 Å². The van der Waals surface area contributed by atoms with Crippen molar-refractivity contribution in [2.24, 2.45) is 0 Å². The molecular weight excluding hydrogens is 352 g/mol. The van der Waals surface area contributed by atoms with Gasteiger partial charge in [0.1, 0.15) is 11.6 Å². The molecule has 148 valence electrons. The van der Waals surface area contributed by atoms with Gasteiger partial charge in [0.05, 0.1) is 5.69 Å². The summed E-state index contributed by atoms with van der Waals surface area (Å²) in [6, 6.07) is 7.78. The number of hydrogen-bond acceptors (Lipinski definition) is 5. The van der Waals surface area contributed by atoms with Crippen LogP contribution >= 0.6 is 0 Å². The zero-order valence-electron chi connectivity index (χ0n) is 16.6. The van der Waals surface area contributed by atoms with Gasteiger partial charge in [-0.15, -0.1) is 0 Å². The zero-order valence-corrected chi connectivity index (χ0v) is 16.6. The monoisotopic (exact) mass is 380 g/mol. The van der Waals surface area contributed by atoms with Crippen LogP contribution in [0.3, 0.4) is 0 Å². The first kappa shape index (κ1) is 18.9. The van der Waals surface area contributed by atoms with Crippen molar-refractivity contribution in [3.63, 3.8) is 0 Å². The number of carbonyl (C=O) groups is 1. The van der Waals surface area contributed by atoms with Crippen LogP contribution in [-0.2, 0) is 17.8 Å². The lowest BCUT2D eigenvalue weighted by molar-refractivity contribution is -0.138. The molecule has 0 aliphatic carbocycles. The molecule has 3 heterocycles. The van der Waals surface area contributed by atoms with E-state index < -0.39 is 6.10 Å². The second kappa shape index (κ2) is 8.27. The van der Waals surface area contributed by atoms with Crippen molar-refractivity contribution in [3.05, 3.63) is 53.1 Å². The number of rotatable bonds is 4. The van der Waals surface area contributed by atoms with Gasteiger partial charge >= 0.3 is 0 Å². The Labute approximate surface area is 166 Å². The van der Waals surface area contributed by atoms with Crippen LogP contribution in [0.25, 0.3) is 0 Å². The van der Waals surface area contributed by atoms with Gasteiger partial charge in [-0.25, -0.2) is 9.97 Å². The summed E-state index contributed by atoms with van der Waals surface area (Å²) in [4.78, 5) is 24.1. The van der Waals surface area contributed by atoms with Crippen LogP contribution in [0.5, 0.6) is 5.75 Å². The van der Waals surface area contributed by atoms with Gasteiger partial charge in [-0.2, -0.15) is 0 Å². The smallest absolute Gasteiger partial charge is 0.263 e. The van der Waals surface area contributed by atoms with Gasteiger partial charge in [0.15, 0.2) is 6.10 Å². The van der Waals surface area contributed by atoms with Crippen molar-refractivity contribution in [2.75, 3.05) is 19.6 Å². The molecule has 1 aromatic carbocycles. The first-order valence-corrected chi connectivity index (χ1v) is 10.2. The molecule has 0 bridgehead atoms. The fraction of sp³-hybridized carbons (Fsp3) is 0.500. The number of fused-ring (bicyclic) bond motifs is 1. The summed E-state index contributed by atoms with van der Waals surface area (Å²) in [7, 11) is 0. The van der Waals surface area contributed by atoms with E-state index >= 15 is 0 Å². The molecule has 2 aromatic rings. The summed E-state index contributed by atoms with van der Waals surface area (Å²) in [5, 5.41) is 3.42. The Kier molecular flexibility index (Phi) is 5.57. The minimum absolute atomic E-state index is 0.00628. The quantitative estimate of drug-likeness (QED) is 0.883. The van der Waals surface area contributed by atoms with Gasteiger partial charge in [0, 0.05) is 43.7 Å². The highest BCUT2D eigenvalue weighted by atomic mass is 16.5. The molecule has 6 nitrogen and oxygen atoms in total. The molecular formula is C22H28N4O2. The average Bonchev–Trinajstić information content (AvgIpc) is 2.74. The van der Waals surface area contributed by atoms with E-state index in [9.17, 15) is 4.79 Å². The van der Waals surface area contributed by atoms with Gasteiger partial charge in [0.2, 0.25) is 0 Å². The van der Waals surface area contributed by atoms with E-state index in [0.717, 1.165) is 48.8 Å². The molecule has 2 aliphatic rings. The molecule has 28 heavy (non-hydrogen) atoms. The van der Waals surface area contributed by atoms with E-state index in [-0.39, 0.29) is 5.91 Å². The Morgan fingerprint density at radius 1 is 1.32 bits per heavy atom. The molecule has 6 heteroatoms. The Bertz CT molecular complexity index is 831. The highest BCUT2D eigenvalue weighted by Gasteiger charge is 2.28. The van der Waals surface area contributed by atoms with Crippen LogP contribution in [0, 0.1) is 6.92 Å². The highest BCUT2D eigenvalue weighted by Crippen LogP contribution is 2.24. The molecule has 0 radical (unpaired) electrons. The molecule has 1 N–H and O–H groups in total. The van der Waals surface area contributed by atoms with Crippen molar-refractivity contribution < 1.29 is 9.53 Å². The van der Waals surface area contributed by atoms with Crippen LogP contribution in [0.15, 0.2) is 30.5 Å². The second-order valence-corrected chi connectivity index (χ2v) is 7.83. The minimum Gasteiger partial charge on any atom is -0.481 e. The van der Waals surface area contributed by atoms with Crippen molar-refractivity contribution >= 4 is 5.91 Å². The Hall–Kier alpha value is -2.47. The number of ether oxygens (including phenoxy) is 1. The number of amides is 1. The first-order chi connectivity index (χ1) is 13.6. The standard InChI is InChI=1S/C22H28N4O2/c1-15-5-7-19(8-6-15)28-16(2)22(27)26-11-9-20-18(14-26)13-24-21(25-20)17-4-3-10-23-12-17/h5-8,13,16-17,23H,3-4,9-12,14H2,1-2H3/t16-,17-/m0/s1. The molecule has 0 unspecified atom stereocenters. The predicted octanol–water partition coefficient (Wildman–Crippen LogP) is 2.60. The molecule has 0 spiro atoms. The SMILES string of the molecule is Cc1ccc(O[C@@H](C)C(=O)N2CCc3nc([C@H]4CCCNC4)ncc3C2)cc1. The van der Waals surface area contributed by atoms with Crippen molar-refractivity contribution in [1.29, 1.82) is 0 Å². The molecule has 1 aromatic heterocycles. The van der Waals surface area contributed by atoms with E-state index in [4.69, 9.17) is 9.72 Å². The molecule has 2 atom stereocenters. The third kappa shape index (κ3) is 4.17. The molecule has 4 rings (SSSR count). The zero-order chi connectivity index (χ0) is 19.5. The van der Waals surface area contributed by atoms with E-state index in [1.165, 1.54) is 12.0 Å². The largest absolute Gasteiger partial charge is 0.481 e. The van der Waals surface area contributed by atoms with Crippen LogP contribution in [0.2, 0.25) is 0 Å². The lowest BCUT2D eigenvalue weighted by atomic mass is 9.98. The highest BCUT2D eigenvalue weighted by molar-refractivity contribution is 5.81. The fourth-order valence-electron chi connectivity index (χ4n) is 3.92. The van der Waals surface area contributed by atoms with E-state index in [1.807, 2.05) is 49.2 Å². The number of aromatic nitrogens is 2. The minimum atomic E-state index is -0.516. The summed E-state index contributed by atoms with van der Waals surface area (Å²) >= 11 is 0. The van der Waals surface area contributed by atoms with Crippen LogP contribution in [-0.4, -0.2) is 46.5 Å². The summed E-state index contributed by atoms with van der Waals surface area (Å²) in [5.41, 5.74) is 3.31. The van der Waals surface area contributed by atoms with Crippen LogP contribution in [0.1, 0.15) is 48.3 Å². The second-order valence-electron chi connectivity index (χ2n) is 7.83. The maximum absolute atomic E-state index is 12.8. The maximum Gasteiger partial charge on any atom is 0.263 e. The third-order valence-electron chi connectivity index (χ3n) is 5.61. The molecule has 2 aliphatic heterocycles. The number of carbonyl (C=O) groups excluding carboxylic acids is 1. The number of nitrogens with one attached hydrogen (secondary N) is 1. The van der Waals surface area contributed by atoms with Crippen molar-refractivity contribution in [2.45, 2.75) is 51.7 Å². The van der Waals surface area contributed by atoms with E-state index in [0.29, 0.717) is 19.0 Å². The molecule has 0 saturated carbocycles. The summed E-state index contributed by atoms with van der Waals surface area (Å²) in [6.07, 6.45) is 4.49. The summed E-state index contributed by atoms with van der Waals surface area (Å²) in [6.45, 7) is 7.11. The number of hydrogen-bond donors (Lipinski definition) is 1. The lowest BCUT2D eigenvalue weighted by Gasteiger charge is -2.31. The number of piperidine rings is 1. The lowest BCUT2D eigenvalue weighted by Crippen LogP contribution is -2.43.